The van der Waals surface area contributed by atoms with Crippen molar-refractivity contribution in [3.63, 3.8) is 0 Å². The van der Waals surface area contributed by atoms with E-state index in [1.165, 1.54) is 31.4 Å². The number of imide groups is 1. The Morgan fingerprint density at radius 3 is 2.32 bits per heavy atom. The SMILES string of the molecule is CCOc1ccc(N2C(=O)CC(N(Cc3ccc4c(c3)OCO4)S(=O)(=O)c3ccc(OC)cc3)C2=O)cc1. The molecule has 1 unspecified atom stereocenters. The number of methoxy groups -OCH3 is 1. The number of carbonyl (C=O) groups excluding carboxylic acids is 2. The molecule has 38 heavy (non-hydrogen) atoms. The van der Waals surface area contributed by atoms with Crippen molar-refractivity contribution in [2.75, 3.05) is 25.4 Å². The van der Waals surface area contributed by atoms with Crippen LogP contribution in [0.4, 0.5) is 5.69 Å². The smallest absolute Gasteiger partial charge is 0.252 e. The van der Waals surface area contributed by atoms with Gasteiger partial charge in [-0.1, -0.05) is 6.07 Å². The van der Waals surface area contributed by atoms with E-state index in [9.17, 15) is 18.0 Å². The normalized spacial score (nSPS) is 16.8. The Bertz CT molecular complexity index is 1460. The summed E-state index contributed by atoms with van der Waals surface area (Å²) in [6, 6.07) is 16.2. The summed E-state index contributed by atoms with van der Waals surface area (Å²) in [5.41, 5.74) is 0.918. The number of ether oxygens (including phenoxy) is 4. The molecule has 3 aromatic rings. The molecule has 0 N–H and O–H groups in total. The topological polar surface area (TPSA) is 112 Å². The number of hydrogen-bond acceptors (Lipinski definition) is 8. The van der Waals surface area contributed by atoms with Crippen LogP contribution in [0.3, 0.4) is 0 Å². The van der Waals surface area contributed by atoms with Gasteiger partial charge in [0.25, 0.3) is 5.91 Å². The van der Waals surface area contributed by atoms with Crippen molar-refractivity contribution in [2.24, 2.45) is 0 Å². The van der Waals surface area contributed by atoms with Crippen LogP contribution in [-0.2, 0) is 26.2 Å². The molecule has 1 saturated heterocycles. The minimum absolute atomic E-state index is 0.0289. The summed E-state index contributed by atoms with van der Waals surface area (Å²) in [7, 11) is -2.73. The fourth-order valence-corrected chi connectivity index (χ4v) is 6.00. The van der Waals surface area contributed by atoms with Crippen molar-refractivity contribution in [1.29, 1.82) is 0 Å². The summed E-state index contributed by atoms with van der Waals surface area (Å²) in [6.45, 7) is 2.23. The van der Waals surface area contributed by atoms with Crippen LogP contribution in [0.5, 0.6) is 23.0 Å². The molecule has 1 atom stereocenters. The average Bonchev–Trinajstić information content (AvgIpc) is 3.51. The Morgan fingerprint density at radius 2 is 1.63 bits per heavy atom. The molecule has 0 aliphatic carbocycles. The first-order valence-electron chi connectivity index (χ1n) is 12.0. The van der Waals surface area contributed by atoms with Crippen LogP contribution in [0.15, 0.2) is 71.6 Å². The largest absolute Gasteiger partial charge is 0.497 e. The highest BCUT2D eigenvalue weighted by atomic mass is 32.2. The fourth-order valence-electron chi connectivity index (χ4n) is 4.44. The quantitative estimate of drug-likeness (QED) is 0.382. The molecule has 0 spiro atoms. The van der Waals surface area contributed by atoms with Gasteiger partial charge in [0.05, 0.1) is 30.7 Å². The zero-order valence-electron chi connectivity index (χ0n) is 20.8. The molecule has 11 heteroatoms. The van der Waals surface area contributed by atoms with Crippen LogP contribution in [0.2, 0.25) is 0 Å². The second kappa shape index (κ2) is 10.3. The van der Waals surface area contributed by atoms with Crippen LogP contribution in [0.25, 0.3) is 0 Å². The number of nitrogens with zero attached hydrogens (tertiary/aromatic N) is 2. The van der Waals surface area contributed by atoms with Crippen molar-refractivity contribution in [3.05, 3.63) is 72.3 Å². The molecular weight excluding hydrogens is 512 g/mol. The van der Waals surface area contributed by atoms with E-state index < -0.39 is 27.9 Å². The maximum Gasteiger partial charge on any atom is 0.252 e. The van der Waals surface area contributed by atoms with Gasteiger partial charge in [0, 0.05) is 6.54 Å². The summed E-state index contributed by atoms with van der Waals surface area (Å²) in [4.78, 5) is 27.7. The molecule has 5 rings (SSSR count). The summed E-state index contributed by atoms with van der Waals surface area (Å²) in [5.74, 6) is 0.987. The third-order valence-corrected chi connectivity index (χ3v) is 8.19. The third-order valence-electron chi connectivity index (χ3n) is 6.32. The van der Waals surface area contributed by atoms with Crippen LogP contribution in [0, 0.1) is 0 Å². The third kappa shape index (κ3) is 4.77. The first kappa shape index (κ1) is 25.6. The fraction of sp³-hybridized carbons (Fsp3) is 0.259. The van der Waals surface area contributed by atoms with Gasteiger partial charge < -0.3 is 18.9 Å². The Labute approximate surface area is 220 Å². The lowest BCUT2D eigenvalue weighted by atomic mass is 10.1. The van der Waals surface area contributed by atoms with E-state index in [0.29, 0.717) is 40.9 Å². The maximum atomic E-state index is 13.9. The van der Waals surface area contributed by atoms with E-state index in [0.717, 1.165) is 9.21 Å². The van der Waals surface area contributed by atoms with Crippen LogP contribution in [0.1, 0.15) is 18.9 Å². The first-order chi connectivity index (χ1) is 18.3. The number of amides is 2. The van der Waals surface area contributed by atoms with Crippen molar-refractivity contribution < 1.29 is 37.0 Å². The lowest BCUT2D eigenvalue weighted by Gasteiger charge is -2.27. The van der Waals surface area contributed by atoms with E-state index >= 15 is 0 Å². The Kier molecular flexibility index (Phi) is 6.96. The summed E-state index contributed by atoms with van der Waals surface area (Å²) in [5, 5.41) is 0. The van der Waals surface area contributed by atoms with Crippen LogP contribution in [-0.4, -0.2) is 51.1 Å². The second-order valence-electron chi connectivity index (χ2n) is 8.63. The predicted octanol–water partition coefficient (Wildman–Crippen LogP) is 3.35. The maximum absolute atomic E-state index is 13.9. The number of fused-ring (bicyclic) bond motifs is 1. The number of carbonyl (C=O) groups is 2. The van der Waals surface area contributed by atoms with E-state index in [2.05, 4.69) is 0 Å². The molecule has 0 radical (unpaired) electrons. The molecule has 2 aliphatic rings. The highest BCUT2D eigenvalue weighted by Crippen LogP contribution is 2.35. The van der Waals surface area contributed by atoms with E-state index in [-0.39, 0.29) is 24.7 Å². The van der Waals surface area contributed by atoms with Gasteiger partial charge in [-0.15, -0.1) is 0 Å². The van der Waals surface area contributed by atoms with E-state index in [4.69, 9.17) is 18.9 Å². The number of rotatable bonds is 9. The first-order valence-corrected chi connectivity index (χ1v) is 13.4. The van der Waals surface area contributed by atoms with Gasteiger partial charge in [-0.25, -0.2) is 13.3 Å². The Morgan fingerprint density at radius 1 is 0.947 bits per heavy atom. The highest BCUT2D eigenvalue weighted by Gasteiger charge is 2.47. The van der Waals surface area contributed by atoms with Gasteiger partial charge in [0.15, 0.2) is 11.5 Å². The average molecular weight is 539 g/mol. The molecule has 0 aromatic heterocycles. The highest BCUT2D eigenvalue weighted by molar-refractivity contribution is 7.89. The molecule has 2 amide bonds. The Hall–Kier alpha value is -4.09. The van der Waals surface area contributed by atoms with E-state index in [1.54, 1.807) is 42.5 Å². The molecule has 3 aromatic carbocycles. The lowest BCUT2D eigenvalue weighted by Crippen LogP contribution is -2.45. The minimum atomic E-state index is -4.21. The second-order valence-corrected chi connectivity index (χ2v) is 10.5. The summed E-state index contributed by atoms with van der Waals surface area (Å²) in [6.07, 6.45) is -0.300. The van der Waals surface area contributed by atoms with Gasteiger partial charge in [-0.3, -0.25) is 9.59 Å². The van der Waals surface area contributed by atoms with Gasteiger partial charge in [-0.05, 0) is 73.2 Å². The van der Waals surface area contributed by atoms with Gasteiger partial charge in [-0.2, -0.15) is 4.31 Å². The zero-order chi connectivity index (χ0) is 26.9. The van der Waals surface area contributed by atoms with Crippen LogP contribution >= 0.6 is 0 Å². The number of anilines is 1. The summed E-state index contributed by atoms with van der Waals surface area (Å²) < 4.78 is 50.3. The zero-order valence-corrected chi connectivity index (χ0v) is 21.6. The molecular formula is C27H26N2O8S. The van der Waals surface area contributed by atoms with Crippen molar-refractivity contribution in [2.45, 2.75) is 30.8 Å². The molecule has 0 saturated carbocycles. The minimum Gasteiger partial charge on any atom is -0.497 e. The standard InChI is InChI=1S/C27H26N2O8S/c1-3-35-21-7-5-19(6-8-21)29-26(30)15-23(27(29)31)28(16-18-4-13-24-25(14-18)37-17-36-24)38(32,33)22-11-9-20(34-2)10-12-22/h4-14,23H,3,15-17H2,1-2H3. The van der Waals surface area contributed by atoms with Crippen LogP contribution < -0.4 is 23.8 Å². The summed E-state index contributed by atoms with van der Waals surface area (Å²) >= 11 is 0. The van der Waals surface area contributed by atoms with Gasteiger partial charge in [0.1, 0.15) is 17.5 Å². The van der Waals surface area contributed by atoms with Crippen molar-refractivity contribution >= 4 is 27.5 Å². The van der Waals surface area contributed by atoms with Crippen molar-refractivity contribution in [3.8, 4) is 23.0 Å². The van der Waals surface area contributed by atoms with E-state index in [1.807, 2.05) is 6.92 Å². The molecule has 0 bridgehead atoms. The van der Waals surface area contributed by atoms with Crippen molar-refractivity contribution in [1.82, 2.24) is 4.31 Å². The van der Waals surface area contributed by atoms with Gasteiger partial charge >= 0.3 is 0 Å². The predicted molar refractivity (Wildman–Crippen MR) is 137 cm³/mol. The van der Waals surface area contributed by atoms with Gasteiger partial charge in [0.2, 0.25) is 22.7 Å². The molecule has 2 aliphatic heterocycles. The number of hydrogen-bond donors (Lipinski definition) is 0. The molecule has 1 fully saturated rings. The molecule has 10 nitrogen and oxygen atoms in total. The number of benzene rings is 3. The molecule has 198 valence electrons. The monoisotopic (exact) mass is 538 g/mol. The molecule has 2 heterocycles. The number of sulfonamides is 1. The lowest BCUT2D eigenvalue weighted by molar-refractivity contribution is -0.122. The Balaban J connectivity index is 1.50.